The zero-order valence-electron chi connectivity index (χ0n) is 9.94. The van der Waals surface area contributed by atoms with Crippen molar-refractivity contribution in [2.24, 2.45) is 0 Å². The molecule has 1 aliphatic heterocycles. The summed E-state index contributed by atoms with van der Waals surface area (Å²) in [6.45, 7) is 3.13. The number of hydrogen-bond donors (Lipinski definition) is 2. The van der Waals surface area contributed by atoms with E-state index in [9.17, 15) is 14.8 Å². The molecule has 0 aliphatic carbocycles. The number of aromatic nitrogens is 2. The van der Waals surface area contributed by atoms with Crippen molar-refractivity contribution in [1.82, 2.24) is 20.3 Å². The van der Waals surface area contributed by atoms with Crippen molar-refractivity contribution < 1.29 is 19.9 Å². The Kier molecular flexibility index (Phi) is 3.88. The van der Waals surface area contributed by atoms with E-state index in [1.807, 2.05) is 4.90 Å². The summed E-state index contributed by atoms with van der Waals surface area (Å²) in [5, 5.41) is 21.9. The van der Waals surface area contributed by atoms with Crippen LogP contribution in [-0.4, -0.2) is 58.3 Å². The molecule has 0 unspecified atom stereocenters. The van der Waals surface area contributed by atoms with Crippen LogP contribution in [0.4, 0.5) is 10.7 Å². The zero-order chi connectivity index (χ0) is 13.8. The van der Waals surface area contributed by atoms with Crippen molar-refractivity contribution in [2.45, 2.75) is 0 Å². The number of amides is 2. The molecular weight excluding hydrogens is 254 g/mol. The second-order valence-corrected chi connectivity index (χ2v) is 3.89. The standard InChI is InChI=1S/C10H12N5O4/c16-8(15(19)10(17)18)7-5-12-9(13-6-7)14-3-1-11-2-4-14/h5-6,11H,1-4H2,(H,17,18). The quantitative estimate of drug-likeness (QED) is 0.683. The molecule has 0 aromatic carbocycles. The minimum absolute atomic E-state index is 0.156. The number of carboxylic acid groups (broad SMARTS) is 1. The fourth-order valence-corrected chi connectivity index (χ4v) is 1.66. The third-order valence-electron chi connectivity index (χ3n) is 2.64. The van der Waals surface area contributed by atoms with Gasteiger partial charge in [0.2, 0.25) is 5.95 Å². The van der Waals surface area contributed by atoms with E-state index in [1.165, 1.54) is 0 Å². The van der Waals surface area contributed by atoms with E-state index >= 15 is 0 Å². The lowest BCUT2D eigenvalue weighted by Gasteiger charge is -2.27. The topological polar surface area (TPSA) is 119 Å². The average molecular weight is 266 g/mol. The summed E-state index contributed by atoms with van der Waals surface area (Å²) in [7, 11) is 0. The highest BCUT2D eigenvalue weighted by Crippen LogP contribution is 2.09. The summed E-state index contributed by atoms with van der Waals surface area (Å²) in [5.74, 6) is -0.745. The first kappa shape index (κ1) is 13.2. The summed E-state index contributed by atoms with van der Waals surface area (Å²) < 4.78 is 0. The highest BCUT2D eigenvalue weighted by atomic mass is 16.6. The number of imide groups is 1. The van der Waals surface area contributed by atoms with Crippen molar-refractivity contribution in [3.63, 3.8) is 0 Å². The Balaban J connectivity index is 2.09. The number of nitrogens with one attached hydrogen (secondary N) is 1. The SMILES string of the molecule is [O]N(C(=O)O)C(=O)c1cnc(N2CCNCC2)nc1. The maximum Gasteiger partial charge on any atom is 0.441 e. The van der Waals surface area contributed by atoms with Crippen LogP contribution in [0.25, 0.3) is 0 Å². The molecule has 1 fully saturated rings. The van der Waals surface area contributed by atoms with Gasteiger partial charge in [-0.25, -0.2) is 14.8 Å². The first-order valence-corrected chi connectivity index (χ1v) is 5.62. The van der Waals surface area contributed by atoms with Crippen molar-refractivity contribution in [2.75, 3.05) is 31.1 Å². The average Bonchev–Trinajstić information content (AvgIpc) is 2.46. The largest absolute Gasteiger partial charge is 0.463 e. The van der Waals surface area contributed by atoms with Crippen molar-refractivity contribution >= 4 is 17.9 Å². The van der Waals surface area contributed by atoms with Gasteiger partial charge < -0.3 is 15.3 Å². The fourth-order valence-electron chi connectivity index (χ4n) is 1.66. The molecule has 1 saturated heterocycles. The van der Waals surface area contributed by atoms with Gasteiger partial charge in [-0.05, 0) is 0 Å². The monoisotopic (exact) mass is 266 g/mol. The molecule has 1 aromatic rings. The molecule has 2 amide bonds. The van der Waals surface area contributed by atoms with Crippen LogP contribution < -0.4 is 10.2 Å². The van der Waals surface area contributed by atoms with Gasteiger partial charge >= 0.3 is 6.09 Å². The second kappa shape index (κ2) is 5.59. The third kappa shape index (κ3) is 2.95. The van der Waals surface area contributed by atoms with E-state index in [1.54, 1.807) is 0 Å². The molecule has 9 heteroatoms. The fraction of sp³-hybridized carbons (Fsp3) is 0.400. The van der Waals surface area contributed by atoms with Gasteiger partial charge in [0.25, 0.3) is 5.91 Å². The first-order valence-electron chi connectivity index (χ1n) is 5.62. The summed E-state index contributed by atoms with van der Waals surface area (Å²) >= 11 is 0. The van der Waals surface area contributed by atoms with Gasteiger partial charge in [0.15, 0.2) is 0 Å². The summed E-state index contributed by atoms with van der Waals surface area (Å²) in [4.78, 5) is 31.6. The molecule has 1 aliphatic rings. The van der Waals surface area contributed by atoms with Crippen molar-refractivity contribution in [1.29, 1.82) is 0 Å². The van der Waals surface area contributed by atoms with Crippen LogP contribution in [0.1, 0.15) is 10.4 Å². The Hall–Kier alpha value is -2.26. The Labute approximate surface area is 108 Å². The Morgan fingerprint density at radius 1 is 1.26 bits per heavy atom. The Morgan fingerprint density at radius 2 is 1.84 bits per heavy atom. The first-order chi connectivity index (χ1) is 9.09. The van der Waals surface area contributed by atoms with E-state index in [0.29, 0.717) is 5.95 Å². The predicted molar refractivity (Wildman–Crippen MR) is 62.0 cm³/mol. The van der Waals surface area contributed by atoms with E-state index in [2.05, 4.69) is 15.3 Å². The normalized spacial score (nSPS) is 15.1. The van der Waals surface area contributed by atoms with Crippen molar-refractivity contribution in [3.05, 3.63) is 18.0 Å². The zero-order valence-corrected chi connectivity index (χ0v) is 9.94. The molecule has 0 spiro atoms. The van der Waals surface area contributed by atoms with E-state index in [4.69, 9.17) is 5.11 Å². The molecule has 0 saturated carbocycles. The lowest BCUT2D eigenvalue weighted by Crippen LogP contribution is -2.44. The molecule has 2 heterocycles. The van der Waals surface area contributed by atoms with Crippen LogP contribution in [0, 0.1) is 0 Å². The van der Waals surface area contributed by atoms with E-state index in [0.717, 1.165) is 38.6 Å². The molecule has 2 N–H and O–H groups in total. The molecule has 1 radical (unpaired) electrons. The molecule has 0 atom stereocenters. The molecule has 1 aromatic heterocycles. The van der Waals surface area contributed by atoms with Gasteiger partial charge in [-0.15, -0.1) is 0 Å². The van der Waals surface area contributed by atoms with Crippen LogP contribution >= 0.6 is 0 Å². The van der Waals surface area contributed by atoms with Gasteiger partial charge in [-0.1, -0.05) is 10.3 Å². The number of anilines is 1. The van der Waals surface area contributed by atoms with Gasteiger partial charge in [-0.2, -0.15) is 0 Å². The second-order valence-electron chi connectivity index (χ2n) is 3.89. The number of rotatable bonds is 2. The number of carbonyl (C=O) groups excluding carboxylic acids is 1. The predicted octanol–water partition coefficient (Wildman–Crippen LogP) is -0.648. The third-order valence-corrected chi connectivity index (χ3v) is 2.64. The molecule has 0 bridgehead atoms. The molecular formula is C10H12N5O4. The van der Waals surface area contributed by atoms with Crippen LogP contribution in [-0.2, 0) is 5.21 Å². The summed E-state index contributed by atoms with van der Waals surface area (Å²) in [6.07, 6.45) is 0.442. The molecule has 2 rings (SSSR count). The molecule has 101 valence electrons. The minimum atomic E-state index is -1.86. The Morgan fingerprint density at radius 3 is 2.37 bits per heavy atom. The number of nitrogens with zero attached hydrogens (tertiary/aromatic N) is 4. The lowest BCUT2D eigenvalue weighted by atomic mass is 10.3. The number of piperazine rings is 1. The maximum atomic E-state index is 11.4. The number of hydrogen-bond acceptors (Lipinski definition) is 6. The van der Waals surface area contributed by atoms with Crippen LogP contribution in [0.3, 0.4) is 0 Å². The number of hydroxylamine groups is 2. The lowest BCUT2D eigenvalue weighted by molar-refractivity contribution is -0.0926. The molecule has 19 heavy (non-hydrogen) atoms. The van der Waals surface area contributed by atoms with Crippen LogP contribution in [0.15, 0.2) is 12.4 Å². The van der Waals surface area contributed by atoms with E-state index in [-0.39, 0.29) is 5.56 Å². The van der Waals surface area contributed by atoms with Crippen molar-refractivity contribution in [3.8, 4) is 0 Å². The van der Waals surface area contributed by atoms with E-state index < -0.39 is 17.1 Å². The smallest absolute Gasteiger partial charge is 0.441 e. The van der Waals surface area contributed by atoms with Crippen LogP contribution in [0.2, 0.25) is 0 Å². The minimum Gasteiger partial charge on any atom is -0.463 e. The van der Waals surface area contributed by atoms with Gasteiger partial charge in [0.05, 0.1) is 5.56 Å². The maximum absolute atomic E-state index is 11.4. The molecule has 9 nitrogen and oxygen atoms in total. The Bertz CT molecular complexity index is 471. The van der Waals surface area contributed by atoms with Gasteiger partial charge in [0, 0.05) is 38.6 Å². The highest BCUT2D eigenvalue weighted by Gasteiger charge is 2.23. The van der Waals surface area contributed by atoms with Gasteiger partial charge in [0.1, 0.15) is 0 Å². The highest BCUT2D eigenvalue weighted by molar-refractivity contribution is 6.00. The summed E-state index contributed by atoms with van der Waals surface area (Å²) in [5.41, 5.74) is -0.156. The summed E-state index contributed by atoms with van der Waals surface area (Å²) in [6, 6.07) is 0. The van der Waals surface area contributed by atoms with Crippen LogP contribution in [0.5, 0.6) is 0 Å². The number of carbonyl (C=O) groups is 2. The van der Waals surface area contributed by atoms with Gasteiger partial charge in [-0.3, -0.25) is 4.79 Å².